The van der Waals surface area contributed by atoms with Gasteiger partial charge in [0.05, 0.1) is 16.5 Å². The number of piperidine rings is 1. The average Bonchev–Trinajstić information content (AvgIpc) is 3.20. The van der Waals surface area contributed by atoms with Crippen molar-refractivity contribution in [2.75, 3.05) is 6.54 Å². The Balaban J connectivity index is 1.33. The zero-order valence-corrected chi connectivity index (χ0v) is 20.0. The fraction of sp³-hybridized carbons (Fsp3) is 0.320. The molecule has 2 fully saturated rings. The van der Waals surface area contributed by atoms with Gasteiger partial charge in [0.1, 0.15) is 18.4 Å². The molecule has 3 heterocycles. The number of imide groups is 1. The van der Waals surface area contributed by atoms with Crippen molar-refractivity contribution >= 4 is 32.9 Å². The molecule has 0 spiro atoms. The van der Waals surface area contributed by atoms with Crippen molar-refractivity contribution in [1.29, 1.82) is 0 Å². The van der Waals surface area contributed by atoms with Gasteiger partial charge in [-0.3, -0.25) is 15.1 Å². The molecule has 0 bridgehead atoms. The zero-order chi connectivity index (χ0) is 24.6. The third-order valence-electron chi connectivity index (χ3n) is 6.44. The molecule has 3 aromatic rings. The maximum Gasteiger partial charge on any atom is 0.322 e. The van der Waals surface area contributed by atoms with E-state index in [0.29, 0.717) is 31.7 Å². The number of rotatable bonds is 6. The highest BCUT2D eigenvalue weighted by Crippen LogP contribution is 2.29. The van der Waals surface area contributed by atoms with Crippen molar-refractivity contribution in [3.63, 3.8) is 0 Å². The van der Waals surface area contributed by atoms with E-state index in [4.69, 9.17) is 4.74 Å². The summed E-state index contributed by atoms with van der Waals surface area (Å²) < 4.78 is 34.2. The molecule has 0 aliphatic carbocycles. The lowest BCUT2D eigenvalue weighted by Gasteiger charge is -2.36. The first-order valence-corrected chi connectivity index (χ1v) is 13.0. The minimum atomic E-state index is -3.87. The van der Waals surface area contributed by atoms with Gasteiger partial charge < -0.3 is 10.1 Å². The predicted octanol–water partition coefficient (Wildman–Crippen LogP) is 2.87. The molecule has 0 saturated carbocycles. The molecule has 10 heteroatoms. The first-order valence-electron chi connectivity index (χ1n) is 11.5. The maximum atomic E-state index is 13.5. The average molecular weight is 495 g/mol. The Hall–Kier alpha value is -3.50. The van der Waals surface area contributed by atoms with E-state index in [-0.39, 0.29) is 4.90 Å². The van der Waals surface area contributed by atoms with Crippen LogP contribution in [0.1, 0.15) is 30.5 Å². The number of amides is 3. The normalized spacial score (nSPS) is 21.1. The van der Waals surface area contributed by atoms with E-state index in [1.807, 2.05) is 37.3 Å². The highest BCUT2D eigenvalue weighted by molar-refractivity contribution is 7.89. The first-order chi connectivity index (χ1) is 16.8. The molecule has 2 N–H and O–H groups in total. The largest absolute Gasteiger partial charge is 0.489 e. The van der Waals surface area contributed by atoms with Crippen LogP contribution in [0.5, 0.6) is 5.75 Å². The molecule has 2 aliphatic heterocycles. The number of hydrogen-bond acceptors (Lipinski definition) is 6. The minimum Gasteiger partial charge on any atom is -0.489 e. The molecule has 2 aromatic carbocycles. The van der Waals surface area contributed by atoms with E-state index in [0.717, 1.165) is 28.6 Å². The molecule has 2 aliphatic rings. The molecular formula is C25H26N4O5S. The Morgan fingerprint density at radius 3 is 2.60 bits per heavy atom. The number of pyridine rings is 1. The lowest BCUT2D eigenvalue weighted by molar-refractivity contribution is -0.121. The van der Waals surface area contributed by atoms with Gasteiger partial charge in [-0.25, -0.2) is 13.2 Å². The molecule has 182 valence electrons. The molecular weight excluding hydrogens is 468 g/mol. The standard InChI is InChI=1S/C25H26N4O5S/c1-16-14-17(20-6-2-3-7-21(20)26-16)15-34-18-9-11-19(12-10-18)35(32,33)29-13-5-4-8-22(29)23-24(30)28-25(31)27-23/h2-3,6-7,9-12,14,22-23H,4-5,8,13,15H2,1H3,(H2,27,28,30,31). The second-order valence-electron chi connectivity index (χ2n) is 8.82. The van der Waals surface area contributed by atoms with Crippen LogP contribution >= 0.6 is 0 Å². The van der Waals surface area contributed by atoms with Crippen LogP contribution in [-0.4, -0.2) is 48.3 Å². The molecule has 3 amide bonds. The number of carbonyl (C=O) groups is 2. The summed E-state index contributed by atoms with van der Waals surface area (Å²) in [5, 5.41) is 5.76. The van der Waals surface area contributed by atoms with Gasteiger partial charge in [-0.15, -0.1) is 0 Å². The van der Waals surface area contributed by atoms with E-state index < -0.39 is 34.0 Å². The lowest BCUT2D eigenvalue weighted by atomic mass is 9.98. The summed E-state index contributed by atoms with van der Waals surface area (Å²) in [6.45, 7) is 2.55. The number of ether oxygens (including phenoxy) is 1. The van der Waals surface area contributed by atoms with Gasteiger partial charge in [0, 0.05) is 23.2 Å². The SMILES string of the molecule is Cc1cc(COc2ccc(S(=O)(=O)N3CCCCC3C3NC(=O)NC3=O)cc2)c2ccccc2n1. The summed E-state index contributed by atoms with van der Waals surface area (Å²) in [4.78, 5) is 28.4. The van der Waals surface area contributed by atoms with Gasteiger partial charge in [0.15, 0.2) is 0 Å². The van der Waals surface area contributed by atoms with E-state index in [2.05, 4.69) is 15.6 Å². The van der Waals surface area contributed by atoms with Crippen LogP contribution in [0.25, 0.3) is 10.9 Å². The summed E-state index contributed by atoms with van der Waals surface area (Å²) in [6, 6.07) is 14.0. The summed E-state index contributed by atoms with van der Waals surface area (Å²) in [5.41, 5.74) is 2.79. The van der Waals surface area contributed by atoms with Gasteiger partial charge in [-0.05, 0) is 56.2 Å². The van der Waals surface area contributed by atoms with Crippen molar-refractivity contribution in [1.82, 2.24) is 19.9 Å². The van der Waals surface area contributed by atoms with E-state index in [1.165, 1.54) is 16.4 Å². The number of hydrogen-bond donors (Lipinski definition) is 2. The van der Waals surface area contributed by atoms with Crippen molar-refractivity contribution in [2.45, 2.75) is 49.8 Å². The monoisotopic (exact) mass is 494 g/mol. The number of aryl methyl sites for hydroxylation is 1. The molecule has 35 heavy (non-hydrogen) atoms. The molecule has 2 saturated heterocycles. The van der Waals surface area contributed by atoms with Gasteiger partial charge in [-0.2, -0.15) is 4.31 Å². The molecule has 0 radical (unpaired) electrons. The van der Waals surface area contributed by atoms with Crippen LogP contribution in [0.3, 0.4) is 0 Å². The summed E-state index contributed by atoms with van der Waals surface area (Å²) >= 11 is 0. The highest BCUT2D eigenvalue weighted by atomic mass is 32.2. The number of carbonyl (C=O) groups excluding carboxylic acids is 2. The Labute approximate surface area is 203 Å². The number of urea groups is 1. The van der Waals surface area contributed by atoms with E-state index >= 15 is 0 Å². The second kappa shape index (κ2) is 9.27. The molecule has 1 aromatic heterocycles. The fourth-order valence-corrected chi connectivity index (χ4v) is 6.49. The van der Waals surface area contributed by atoms with Crippen LogP contribution in [0.4, 0.5) is 4.79 Å². The Morgan fingerprint density at radius 1 is 1.09 bits per heavy atom. The molecule has 5 rings (SSSR count). The van der Waals surface area contributed by atoms with Crippen LogP contribution in [0.15, 0.2) is 59.5 Å². The summed E-state index contributed by atoms with van der Waals surface area (Å²) in [5.74, 6) is 0.0462. The van der Waals surface area contributed by atoms with Gasteiger partial charge >= 0.3 is 6.03 Å². The van der Waals surface area contributed by atoms with Gasteiger partial charge in [-0.1, -0.05) is 24.6 Å². The van der Waals surface area contributed by atoms with E-state index in [1.54, 1.807) is 12.1 Å². The van der Waals surface area contributed by atoms with Gasteiger partial charge in [0.2, 0.25) is 10.0 Å². The zero-order valence-electron chi connectivity index (χ0n) is 19.2. The quantitative estimate of drug-likeness (QED) is 0.509. The van der Waals surface area contributed by atoms with Crippen LogP contribution in [0, 0.1) is 6.92 Å². The predicted molar refractivity (Wildman–Crippen MR) is 129 cm³/mol. The van der Waals surface area contributed by atoms with Crippen LogP contribution < -0.4 is 15.4 Å². The molecule has 2 unspecified atom stereocenters. The van der Waals surface area contributed by atoms with Crippen molar-refractivity contribution in [3.05, 3.63) is 65.9 Å². The third-order valence-corrected chi connectivity index (χ3v) is 8.38. The second-order valence-corrected chi connectivity index (χ2v) is 10.7. The number of benzene rings is 2. The number of sulfonamides is 1. The Kier molecular flexibility index (Phi) is 6.16. The lowest BCUT2D eigenvalue weighted by Crippen LogP contribution is -2.55. The highest BCUT2D eigenvalue weighted by Gasteiger charge is 2.44. The number of para-hydroxylation sites is 1. The summed E-state index contributed by atoms with van der Waals surface area (Å²) in [7, 11) is -3.87. The van der Waals surface area contributed by atoms with Crippen molar-refractivity contribution in [3.8, 4) is 5.75 Å². The number of aromatic nitrogens is 1. The molecule has 9 nitrogen and oxygen atoms in total. The molecule has 2 atom stereocenters. The van der Waals surface area contributed by atoms with Gasteiger partial charge in [0.25, 0.3) is 5.91 Å². The maximum absolute atomic E-state index is 13.5. The summed E-state index contributed by atoms with van der Waals surface area (Å²) in [6.07, 6.45) is 1.98. The van der Waals surface area contributed by atoms with Crippen molar-refractivity contribution in [2.24, 2.45) is 0 Å². The smallest absolute Gasteiger partial charge is 0.322 e. The number of nitrogens with zero attached hydrogens (tertiary/aromatic N) is 2. The number of fused-ring (bicyclic) bond motifs is 1. The fourth-order valence-electron chi connectivity index (χ4n) is 4.78. The van der Waals surface area contributed by atoms with Crippen molar-refractivity contribution < 1.29 is 22.7 Å². The number of nitrogens with one attached hydrogen (secondary N) is 2. The Morgan fingerprint density at radius 2 is 1.86 bits per heavy atom. The van der Waals surface area contributed by atoms with E-state index in [9.17, 15) is 18.0 Å². The topological polar surface area (TPSA) is 118 Å². The minimum absolute atomic E-state index is 0.117. The van der Waals surface area contributed by atoms with Crippen LogP contribution in [-0.2, 0) is 21.4 Å². The first kappa shape index (κ1) is 23.3. The Bertz CT molecular complexity index is 1390. The third kappa shape index (κ3) is 4.59. The van der Waals surface area contributed by atoms with Crippen LogP contribution in [0.2, 0.25) is 0 Å².